The van der Waals surface area contributed by atoms with Crippen molar-refractivity contribution in [3.8, 4) is 0 Å². The highest BCUT2D eigenvalue weighted by Gasteiger charge is 2.24. The molecule has 11 nitrogen and oxygen atoms in total. The largest absolute Gasteiger partial charge is 0.378 e. The third-order valence-electron chi connectivity index (χ3n) is 7.16. The number of hydrogen-bond acceptors (Lipinski definition) is 8. The SMILES string of the molecule is O=C(NC(=S)Nc1ccc(N2CCN(C(=O)c3ccc(Cl)cc3)CC2)cc1)c1ccc(N2CCOCC2)c([N+](=O)[O-])c1. The second kappa shape index (κ2) is 13.1. The maximum Gasteiger partial charge on any atom is 0.293 e. The van der Waals surface area contributed by atoms with Gasteiger partial charge in [0.25, 0.3) is 17.5 Å². The van der Waals surface area contributed by atoms with E-state index in [2.05, 4.69) is 15.5 Å². The number of nitro groups is 1. The van der Waals surface area contributed by atoms with Gasteiger partial charge >= 0.3 is 0 Å². The van der Waals surface area contributed by atoms with Crippen molar-refractivity contribution in [2.45, 2.75) is 0 Å². The van der Waals surface area contributed by atoms with Crippen LogP contribution in [0.2, 0.25) is 5.02 Å². The summed E-state index contributed by atoms with van der Waals surface area (Å²) in [4.78, 5) is 42.7. The van der Waals surface area contributed by atoms with Gasteiger partial charge in [-0.25, -0.2) is 0 Å². The van der Waals surface area contributed by atoms with Gasteiger partial charge in [-0.05, 0) is 72.9 Å². The second-order valence-corrected chi connectivity index (χ2v) is 10.6. The minimum absolute atomic E-state index is 0.0101. The van der Waals surface area contributed by atoms with E-state index < -0.39 is 10.8 Å². The number of anilines is 3. The molecule has 0 aromatic heterocycles. The van der Waals surface area contributed by atoms with E-state index in [0.717, 1.165) is 5.69 Å². The van der Waals surface area contributed by atoms with Crippen molar-refractivity contribution in [1.82, 2.24) is 10.2 Å². The van der Waals surface area contributed by atoms with Gasteiger partial charge in [0.05, 0.1) is 18.1 Å². The molecule has 2 fully saturated rings. The summed E-state index contributed by atoms with van der Waals surface area (Å²) in [5.74, 6) is -0.559. The highest BCUT2D eigenvalue weighted by Crippen LogP contribution is 2.30. The molecule has 0 atom stereocenters. The Morgan fingerprint density at radius 3 is 2.14 bits per heavy atom. The fourth-order valence-corrected chi connectivity index (χ4v) is 5.26. The molecule has 5 rings (SSSR count). The minimum Gasteiger partial charge on any atom is -0.378 e. The monoisotopic (exact) mass is 608 g/mol. The quantitative estimate of drug-likeness (QED) is 0.241. The molecule has 13 heteroatoms. The molecule has 2 aliphatic heterocycles. The van der Waals surface area contributed by atoms with E-state index in [0.29, 0.717) is 74.4 Å². The standard InChI is InChI=1S/C29H29ClN6O5S/c30-22-4-1-20(2-5-22)28(38)35-13-11-33(12-14-35)24-8-6-23(7-9-24)31-29(42)32-27(37)21-3-10-25(26(19-21)36(39)40)34-15-17-41-18-16-34/h1-10,19H,11-18H2,(H2,31,32,37,42). The van der Waals surface area contributed by atoms with Crippen LogP contribution in [0.15, 0.2) is 66.7 Å². The van der Waals surface area contributed by atoms with Crippen LogP contribution in [0.4, 0.5) is 22.7 Å². The van der Waals surface area contributed by atoms with E-state index in [4.69, 9.17) is 28.6 Å². The Kier molecular flexibility index (Phi) is 9.15. The molecule has 2 aliphatic rings. The predicted octanol–water partition coefficient (Wildman–Crippen LogP) is 4.17. The van der Waals surface area contributed by atoms with Crippen molar-refractivity contribution in [2.75, 3.05) is 67.6 Å². The number of nitrogens with zero attached hydrogens (tertiary/aromatic N) is 4. The van der Waals surface area contributed by atoms with E-state index in [-0.39, 0.29) is 22.3 Å². The molecule has 2 N–H and O–H groups in total. The van der Waals surface area contributed by atoms with E-state index in [9.17, 15) is 19.7 Å². The summed E-state index contributed by atoms with van der Waals surface area (Å²) >= 11 is 11.2. The molecule has 0 bridgehead atoms. The van der Waals surface area contributed by atoms with E-state index in [1.54, 1.807) is 36.4 Å². The first kappa shape index (κ1) is 29.2. The fourth-order valence-electron chi connectivity index (χ4n) is 4.92. The molecular weight excluding hydrogens is 580 g/mol. The first-order valence-electron chi connectivity index (χ1n) is 13.4. The van der Waals surface area contributed by atoms with Crippen LogP contribution < -0.4 is 20.4 Å². The third-order valence-corrected chi connectivity index (χ3v) is 7.62. The number of nitrogens with one attached hydrogen (secondary N) is 2. The summed E-state index contributed by atoms with van der Waals surface area (Å²) in [6.07, 6.45) is 0. The number of thiocarbonyl (C=S) groups is 1. The van der Waals surface area contributed by atoms with Crippen LogP contribution in [-0.4, -0.2) is 79.2 Å². The summed E-state index contributed by atoms with van der Waals surface area (Å²) in [6, 6.07) is 18.9. The van der Waals surface area contributed by atoms with Crippen LogP contribution in [0, 0.1) is 10.1 Å². The van der Waals surface area contributed by atoms with Gasteiger partial charge in [-0.3, -0.25) is 25.0 Å². The summed E-state index contributed by atoms with van der Waals surface area (Å²) < 4.78 is 5.33. The second-order valence-electron chi connectivity index (χ2n) is 9.80. The summed E-state index contributed by atoms with van der Waals surface area (Å²) in [7, 11) is 0. The Bertz CT molecular complexity index is 1470. The molecule has 2 amide bonds. The van der Waals surface area contributed by atoms with Gasteiger partial charge < -0.3 is 24.8 Å². The van der Waals surface area contributed by atoms with Crippen LogP contribution in [0.1, 0.15) is 20.7 Å². The Hall–Kier alpha value is -4.26. The first-order chi connectivity index (χ1) is 20.3. The van der Waals surface area contributed by atoms with Crippen LogP contribution >= 0.6 is 23.8 Å². The number of rotatable bonds is 6. The zero-order chi connectivity index (χ0) is 29.6. The van der Waals surface area contributed by atoms with Gasteiger partial charge in [-0.2, -0.15) is 0 Å². The number of benzene rings is 3. The van der Waals surface area contributed by atoms with Gasteiger partial charge in [-0.1, -0.05) is 11.6 Å². The molecule has 218 valence electrons. The minimum atomic E-state index is -0.549. The van der Waals surface area contributed by atoms with E-state index in [1.807, 2.05) is 34.1 Å². The average Bonchev–Trinajstić information content (AvgIpc) is 3.01. The van der Waals surface area contributed by atoms with Crippen molar-refractivity contribution in [3.63, 3.8) is 0 Å². The summed E-state index contributed by atoms with van der Waals surface area (Å²) in [5.41, 5.74) is 2.74. The van der Waals surface area contributed by atoms with Crippen molar-refractivity contribution >= 4 is 63.5 Å². The van der Waals surface area contributed by atoms with Crippen LogP contribution in [0.5, 0.6) is 0 Å². The number of amides is 2. The van der Waals surface area contributed by atoms with Gasteiger partial charge in [-0.15, -0.1) is 0 Å². The molecule has 3 aromatic rings. The van der Waals surface area contributed by atoms with Gasteiger partial charge in [0.2, 0.25) is 0 Å². The fraction of sp³-hybridized carbons (Fsp3) is 0.276. The van der Waals surface area contributed by atoms with E-state index in [1.165, 1.54) is 6.07 Å². The highest BCUT2D eigenvalue weighted by molar-refractivity contribution is 7.80. The number of carbonyl (C=O) groups excluding carboxylic acids is 2. The van der Waals surface area contributed by atoms with Crippen molar-refractivity contribution < 1.29 is 19.2 Å². The first-order valence-corrected chi connectivity index (χ1v) is 14.2. The predicted molar refractivity (Wildman–Crippen MR) is 166 cm³/mol. The van der Waals surface area contributed by atoms with E-state index >= 15 is 0 Å². The molecule has 0 spiro atoms. The summed E-state index contributed by atoms with van der Waals surface area (Å²) in [6.45, 7) is 4.64. The van der Waals surface area contributed by atoms with Crippen LogP contribution in [0.3, 0.4) is 0 Å². The molecule has 0 aliphatic carbocycles. The Morgan fingerprint density at radius 1 is 0.857 bits per heavy atom. The van der Waals surface area contributed by atoms with Crippen LogP contribution in [0.25, 0.3) is 0 Å². The Labute approximate surface area is 253 Å². The number of halogens is 1. The molecule has 0 radical (unpaired) electrons. The lowest BCUT2D eigenvalue weighted by Gasteiger charge is -2.36. The number of morpholine rings is 1. The average molecular weight is 609 g/mol. The number of ether oxygens (including phenoxy) is 1. The smallest absolute Gasteiger partial charge is 0.293 e. The van der Waals surface area contributed by atoms with Gasteiger partial charge in [0, 0.05) is 72.9 Å². The Morgan fingerprint density at radius 2 is 1.50 bits per heavy atom. The lowest BCUT2D eigenvalue weighted by molar-refractivity contribution is -0.384. The van der Waals surface area contributed by atoms with Crippen molar-refractivity contribution in [2.24, 2.45) is 0 Å². The zero-order valence-electron chi connectivity index (χ0n) is 22.6. The maximum atomic E-state index is 12.8. The Balaban J connectivity index is 1.14. The maximum absolute atomic E-state index is 12.8. The molecule has 42 heavy (non-hydrogen) atoms. The number of nitro benzene ring substituents is 1. The highest BCUT2D eigenvalue weighted by atomic mass is 35.5. The van der Waals surface area contributed by atoms with Crippen LogP contribution in [-0.2, 0) is 4.74 Å². The molecule has 0 unspecified atom stereocenters. The topological polar surface area (TPSA) is 120 Å². The number of piperazine rings is 1. The van der Waals surface area contributed by atoms with Gasteiger partial charge in [0.15, 0.2) is 5.11 Å². The lowest BCUT2D eigenvalue weighted by atomic mass is 10.1. The number of hydrogen-bond donors (Lipinski definition) is 2. The van der Waals surface area contributed by atoms with Crippen molar-refractivity contribution in [3.05, 3.63) is 93.0 Å². The number of carbonyl (C=O) groups is 2. The molecule has 3 aromatic carbocycles. The normalized spacial score (nSPS) is 15.2. The molecule has 2 heterocycles. The lowest BCUT2D eigenvalue weighted by Crippen LogP contribution is -2.48. The molecule has 0 saturated carbocycles. The zero-order valence-corrected chi connectivity index (χ0v) is 24.2. The van der Waals surface area contributed by atoms with Gasteiger partial charge in [0.1, 0.15) is 5.69 Å². The third kappa shape index (κ3) is 6.96. The molecule has 2 saturated heterocycles. The summed E-state index contributed by atoms with van der Waals surface area (Å²) in [5, 5.41) is 17.9. The van der Waals surface area contributed by atoms with Crippen molar-refractivity contribution in [1.29, 1.82) is 0 Å². The molecular formula is C29H29ClN6O5S.